The van der Waals surface area contributed by atoms with Crippen LogP contribution in [0.3, 0.4) is 0 Å². The molecule has 1 aliphatic carbocycles. The van der Waals surface area contributed by atoms with Gasteiger partial charge in [0, 0.05) is 11.7 Å². The molecule has 0 amide bonds. The van der Waals surface area contributed by atoms with E-state index in [1.807, 2.05) is 6.07 Å². The van der Waals surface area contributed by atoms with Crippen LogP contribution in [0.25, 0.3) is 0 Å². The van der Waals surface area contributed by atoms with Gasteiger partial charge in [0.05, 0.1) is 0 Å². The number of hydrogen-bond acceptors (Lipinski definition) is 2. The Hall–Kier alpha value is -1.02. The highest BCUT2D eigenvalue weighted by Crippen LogP contribution is 2.32. The molecule has 0 aliphatic heterocycles. The van der Waals surface area contributed by atoms with Crippen LogP contribution in [0.5, 0.6) is 0 Å². The second-order valence-electron chi connectivity index (χ2n) is 4.97. The zero-order chi connectivity index (χ0) is 11.5. The number of hydrogen-bond donors (Lipinski definition) is 2. The van der Waals surface area contributed by atoms with Gasteiger partial charge in [0.2, 0.25) is 0 Å². The summed E-state index contributed by atoms with van der Waals surface area (Å²) in [5, 5.41) is 3.67. The molecule has 1 aromatic carbocycles. The number of nitrogens with one attached hydrogen (secondary N) is 1. The Balaban J connectivity index is 2.01. The second kappa shape index (κ2) is 4.88. The van der Waals surface area contributed by atoms with Crippen molar-refractivity contribution in [2.75, 3.05) is 12.3 Å². The van der Waals surface area contributed by atoms with Crippen molar-refractivity contribution in [1.29, 1.82) is 0 Å². The van der Waals surface area contributed by atoms with E-state index in [0.29, 0.717) is 6.04 Å². The average molecular weight is 218 g/mol. The number of rotatable bonds is 4. The molecule has 0 aromatic heterocycles. The number of aryl methyl sites for hydroxylation is 1. The number of nitrogen functional groups attached to an aromatic ring is 1. The van der Waals surface area contributed by atoms with Gasteiger partial charge in [-0.05, 0) is 48.6 Å². The van der Waals surface area contributed by atoms with Gasteiger partial charge >= 0.3 is 0 Å². The molecule has 0 heterocycles. The van der Waals surface area contributed by atoms with Gasteiger partial charge in [-0.3, -0.25) is 0 Å². The minimum absolute atomic E-state index is 0.546. The van der Waals surface area contributed by atoms with E-state index in [0.717, 1.165) is 18.2 Å². The number of benzene rings is 1. The minimum atomic E-state index is 0.546. The van der Waals surface area contributed by atoms with Crippen LogP contribution in [0.4, 0.5) is 5.69 Å². The molecule has 2 rings (SSSR count). The van der Waals surface area contributed by atoms with Crippen LogP contribution in [-0.4, -0.2) is 6.54 Å². The predicted molar refractivity (Wildman–Crippen MR) is 69.4 cm³/mol. The lowest BCUT2D eigenvalue weighted by molar-refractivity contribution is 0.443. The number of anilines is 1. The molecule has 0 saturated carbocycles. The summed E-state index contributed by atoms with van der Waals surface area (Å²) in [7, 11) is 0. The molecular weight excluding hydrogens is 196 g/mol. The molecule has 0 bridgehead atoms. The molecule has 1 aliphatic rings. The molecule has 3 N–H and O–H groups in total. The fraction of sp³-hybridized carbons (Fsp3) is 0.571. The van der Waals surface area contributed by atoms with Crippen LogP contribution in [0.15, 0.2) is 18.2 Å². The topological polar surface area (TPSA) is 38.0 Å². The molecule has 16 heavy (non-hydrogen) atoms. The lowest BCUT2D eigenvalue weighted by atomic mass is 10.1. The normalized spacial score (nSPS) is 20.8. The van der Waals surface area contributed by atoms with Crippen LogP contribution in [0.1, 0.15) is 43.9 Å². The zero-order valence-electron chi connectivity index (χ0n) is 10.3. The first-order valence-electron chi connectivity index (χ1n) is 6.32. The Labute approximate surface area is 98.2 Å². The van der Waals surface area contributed by atoms with Gasteiger partial charge in [0.1, 0.15) is 0 Å². The molecule has 1 aromatic rings. The Bertz CT molecular complexity index is 360. The molecule has 88 valence electrons. The third kappa shape index (κ3) is 2.38. The van der Waals surface area contributed by atoms with E-state index in [9.17, 15) is 0 Å². The van der Waals surface area contributed by atoms with Crippen LogP contribution in [-0.2, 0) is 6.42 Å². The molecule has 0 radical (unpaired) electrons. The summed E-state index contributed by atoms with van der Waals surface area (Å²) in [4.78, 5) is 0. The summed E-state index contributed by atoms with van der Waals surface area (Å²) in [5.41, 5.74) is 9.58. The van der Waals surface area contributed by atoms with E-state index in [2.05, 4.69) is 31.3 Å². The van der Waals surface area contributed by atoms with E-state index in [4.69, 9.17) is 5.73 Å². The van der Waals surface area contributed by atoms with E-state index in [-0.39, 0.29) is 0 Å². The van der Waals surface area contributed by atoms with Crippen LogP contribution in [0.2, 0.25) is 0 Å². The van der Waals surface area contributed by atoms with Gasteiger partial charge in [-0.2, -0.15) is 0 Å². The molecule has 2 atom stereocenters. The van der Waals surface area contributed by atoms with Crippen molar-refractivity contribution in [2.24, 2.45) is 5.92 Å². The van der Waals surface area contributed by atoms with Gasteiger partial charge in [-0.15, -0.1) is 0 Å². The Morgan fingerprint density at radius 3 is 3.06 bits per heavy atom. The molecular formula is C14H22N2. The smallest absolute Gasteiger partial charge is 0.0326 e. The minimum Gasteiger partial charge on any atom is -0.399 e. The lowest BCUT2D eigenvalue weighted by Crippen LogP contribution is -2.24. The van der Waals surface area contributed by atoms with E-state index < -0.39 is 0 Å². The van der Waals surface area contributed by atoms with Crippen molar-refractivity contribution in [3.8, 4) is 0 Å². The average Bonchev–Trinajstić information content (AvgIpc) is 2.68. The maximum absolute atomic E-state index is 5.80. The first-order valence-corrected chi connectivity index (χ1v) is 6.32. The van der Waals surface area contributed by atoms with Crippen molar-refractivity contribution in [3.05, 3.63) is 29.3 Å². The zero-order valence-corrected chi connectivity index (χ0v) is 10.3. The van der Waals surface area contributed by atoms with Crippen LogP contribution in [0, 0.1) is 5.92 Å². The number of nitrogens with two attached hydrogens (primary N) is 1. The first kappa shape index (κ1) is 11.5. The Morgan fingerprint density at radius 1 is 1.50 bits per heavy atom. The quantitative estimate of drug-likeness (QED) is 0.763. The summed E-state index contributed by atoms with van der Waals surface area (Å²) in [6.07, 6.45) is 3.63. The van der Waals surface area contributed by atoms with Crippen LogP contribution < -0.4 is 11.1 Å². The van der Waals surface area contributed by atoms with Gasteiger partial charge in [-0.25, -0.2) is 0 Å². The van der Waals surface area contributed by atoms with E-state index in [1.165, 1.54) is 30.4 Å². The maximum Gasteiger partial charge on any atom is 0.0326 e. The third-order valence-electron chi connectivity index (χ3n) is 3.65. The highest BCUT2D eigenvalue weighted by atomic mass is 14.9. The Morgan fingerprint density at radius 2 is 2.31 bits per heavy atom. The first-order chi connectivity index (χ1) is 7.70. The Kier molecular flexibility index (Phi) is 3.49. The molecule has 0 saturated heterocycles. The summed E-state index contributed by atoms with van der Waals surface area (Å²) in [5.74, 6) is 0.762. The van der Waals surface area contributed by atoms with Crippen molar-refractivity contribution in [1.82, 2.24) is 5.32 Å². The molecule has 2 nitrogen and oxygen atoms in total. The highest BCUT2D eigenvalue weighted by molar-refractivity contribution is 5.47. The third-order valence-corrected chi connectivity index (χ3v) is 3.65. The van der Waals surface area contributed by atoms with Gasteiger partial charge in [-0.1, -0.05) is 26.3 Å². The van der Waals surface area contributed by atoms with E-state index in [1.54, 1.807) is 0 Å². The molecule has 2 unspecified atom stereocenters. The van der Waals surface area contributed by atoms with Crippen molar-refractivity contribution >= 4 is 5.69 Å². The van der Waals surface area contributed by atoms with Gasteiger partial charge < -0.3 is 11.1 Å². The molecule has 2 heteroatoms. The summed E-state index contributed by atoms with van der Waals surface area (Å²) < 4.78 is 0. The number of fused-ring (bicyclic) bond motifs is 1. The monoisotopic (exact) mass is 218 g/mol. The predicted octanol–water partition coefficient (Wildman–Crippen LogP) is 2.89. The highest BCUT2D eigenvalue weighted by Gasteiger charge is 2.21. The van der Waals surface area contributed by atoms with Crippen molar-refractivity contribution in [2.45, 2.75) is 39.2 Å². The fourth-order valence-electron chi connectivity index (χ4n) is 2.34. The maximum atomic E-state index is 5.80. The lowest BCUT2D eigenvalue weighted by Gasteiger charge is -2.17. The van der Waals surface area contributed by atoms with Gasteiger partial charge in [0.25, 0.3) is 0 Å². The molecule has 0 spiro atoms. The SMILES string of the molecule is CCC(C)CNC1CCc2cc(N)ccc21. The largest absolute Gasteiger partial charge is 0.399 e. The standard InChI is InChI=1S/C14H22N2/c1-3-10(2)9-16-14-7-4-11-8-12(15)5-6-13(11)14/h5-6,8,10,14,16H,3-4,7,9,15H2,1-2H3. The summed E-state index contributed by atoms with van der Waals surface area (Å²) in [6.45, 7) is 5.66. The van der Waals surface area contributed by atoms with Crippen molar-refractivity contribution < 1.29 is 0 Å². The van der Waals surface area contributed by atoms with Crippen LogP contribution >= 0.6 is 0 Å². The van der Waals surface area contributed by atoms with Crippen molar-refractivity contribution in [3.63, 3.8) is 0 Å². The molecule has 0 fully saturated rings. The summed E-state index contributed by atoms with van der Waals surface area (Å²) in [6, 6.07) is 6.87. The van der Waals surface area contributed by atoms with E-state index >= 15 is 0 Å². The fourth-order valence-corrected chi connectivity index (χ4v) is 2.34. The van der Waals surface area contributed by atoms with Gasteiger partial charge in [0.15, 0.2) is 0 Å². The summed E-state index contributed by atoms with van der Waals surface area (Å²) >= 11 is 0. The second-order valence-corrected chi connectivity index (χ2v) is 4.97.